The summed E-state index contributed by atoms with van der Waals surface area (Å²) in [5.41, 5.74) is 1.06. The fourth-order valence-electron chi connectivity index (χ4n) is 2.21. The van der Waals surface area contributed by atoms with Crippen LogP contribution in [0.4, 0.5) is 11.4 Å². The molecule has 0 spiro atoms. The third kappa shape index (κ3) is 3.20. The van der Waals surface area contributed by atoms with Crippen molar-refractivity contribution in [2.24, 2.45) is 0 Å². The first-order valence-corrected chi connectivity index (χ1v) is 6.31. The quantitative estimate of drug-likeness (QED) is 0.659. The van der Waals surface area contributed by atoms with Gasteiger partial charge in [-0.3, -0.25) is 10.1 Å². The lowest BCUT2D eigenvalue weighted by atomic mass is 10.0. The number of ether oxygens (including phenoxy) is 1. The van der Waals surface area contributed by atoms with Gasteiger partial charge in [-0.15, -0.1) is 0 Å². The summed E-state index contributed by atoms with van der Waals surface area (Å²) in [6.07, 6.45) is 3.33. The van der Waals surface area contributed by atoms with Gasteiger partial charge in [-0.05, 0) is 31.4 Å². The maximum absolute atomic E-state index is 10.6. The SMILES string of the molecule is CCC1CC(Nc2ccc([N+](=O)[O-])cc2)CCO1. The van der Waals surface area contributed by atoms with E-state index in [-0.39, 0.29) is 10.6 Å². The lowest BCUT2D eigenvalue weighted by Crippen LogP contribution is -2.33. The molecule has 2 unspecified atom stereocenters. The maximum atomic E-state index is 10.6. The van der Waals surface area contributed by atoms with E-state index in [1.54, 1.807) is 12.1 Å². The van der Waals surface area contributed by atoms with Gasteiger partial charge in [0.2, 0.25) is 0 Å². The van der Waals surface area contributed by atoms with E-state index in [2.05, 4.69) is 12.2 Å². The summed E-state index contributed by atoms with van der Waals surface area (Å²) in [5, 5.41) is 14.0. The Morgan fingerprint density at radius 1 is 1.44 bits per heavy atom. The van der Waals surface area contributed by atoms with Gasteiger partial charge in [0.1, 0.15) is 0 Å². The highest BCUT2D eigenvalue weighted by molar-refractivity contribution is 5.49. The number of hydrogen-bond acceptors (Lipinski definition) is 4. The summed E-state index contributed by atoms with van der Waals surface area (Å²) in [6.45, 7) is 2.90. The van der Waals surface area contributed by atoms with Crippen LogP contribution in [0, 0.1) is 10.1 Å². The minimum atomic E-state index is -0.384. The average Bonchev–Trinajstić information content (AvgIpc) is 2.39. The number of rotatable bonds is 4. The summed E-state index contributed by atoms with van der Waals surface area (Å²) < 4.78 is 5.62. The van der Waals surface area contributed by atoms with Crippen molar-refractivity contribution in [3.63, 3.8) is 0 Å². The summed E-state index contributed by atoms with van der Waals surface area (Å²) in [4.78, 5) is 10.2. The molecule has 0 aromatic heterocycles. The zero-order valence-electron chi connectivity index (χ0n) is 10.5. The molecule has 1 aromatic rings. The van der Waals surface area contributed by atoms with Gasteiger partial charge in [0.25, 0.3) is 5.69 Å². The molecule has 98 valence electrons. The van der Waals surface area contributed by atoms with Crippen LogP contribution in [0.15, 0.2) is 24.3 Å². The highest BCUT2D eigenvalue weighted by Gasteiger charge is 2.21. The molecule has 0 radical (unpaired) electrons. The molecular weight excluding hydrogens is 232 g/mol. The molecule has 2 rings (SSSR count). The van der Waals surface area contributed by atoms with Crippen molar-refractivity contribution >= 4 is 11.4 Å². The number of nitro benzene ring substituents is 1. The van der Waals surface area contributed by atoms with Crippen LogP contribution in [0.2, 0.25) is 0 Å². The van der Waals surface area contributed by atoms with Crippen LogP contribution >= 0.6 is 0 Å². The second kappa shape index (κ2) is 5.82. The standard InChI is InChI=1S/C13H18N2O3/c1-2-13-9-11(7-8-18-13)14-10-3-5-12(6-4-10)15(16)17/h3-6,11,13-14H,2,7-9H2,1H3. The molecule has 5 nitrogen and oxygen atoms in total. The first-order valence-electron chi connectivity index (χ1n) is 6.31. The lowest BCUT2D eigenvalue weighted by Gasteiger charge is -2.30. The second-order valence-electron chi connectivity index (χ2n) is 4.57. The van der Waals surface area contributed by atoms with Gasteiger partial charge in [-0.25, -0.2) is 0 Å². The fourth-order valence-corrected chi connectivity index (χ4v) is 2.21. The Balaban J connectivity index is 1.94. The molecule has 0 amide bonds. The summed E-state index contributed by atoms with van der Waals surface area (Å²) in [7, 11) is 0. The number of nitro groups is 1. The Kier molecular flexibility index (Phi) is 4.15. The van der Waals surface area contributed by atoms with E-state index in [4.69, 9.17) is 4.74 Å². The normalized spacial score (nSPS) is 23.6. The van der Waals surface area contributed by atoms with Crippen LogP contribution < -0.4 is 5.32 Å². The molecule has 18 heavy (non-hydrogen) atoms. The second-order valence-corrected chi connectivity index (χ2v) is 4.57. The van der Waals surface area contributed by atoms with E-state index in [1.165, 1.54) is 12.1 Å². The monoisotopic (exact) mass is 250 g/mol. The average molecular weight is 250 g/mol. The first kappa shape index (κ1) is 12.8. The van der Waals surface area contributed by atoms with Gasteiger partial charge in [0, 0.05) is 30.5 Å². The molecule has 0 bridgehead atoms. The van der Waals surface area contributed by atoms with Gasteiger partial charge in [-0.1, -0.05) is 6.92 Å². The van der Waals surface area contributed by atoms with Crippen molar-refractivity contribution in [2.45, 2.75) is 38.3 Å². The number of nitrogens with one attached hydrogen (secondary N) is 1. The fraction of sp³-hybridized carbons (Fsp3) is 0.538. The largest absolute Gasteiger partial charge is 0.382 e. The van der Waals surface area contributed by atoms with Crippen molar-refractivity contribution < 1.29 is 9.66 Å². The third-order valence-electron chi connectivity index (χ3n) is 3.27. The van der Waals surface area contributed by atoms with Gasteiger partial charge < -0.3 is 10.1 Å². The van der Waals surface area contributed by atoms with Crippen LogP contribution in [0.1, 0.15) is 26.2 Å². The van der Waals surface area contributed by atoms with Gasteiger partial charge in [0.05, 0.1) is 11.0 Å². The summed E-state index contributed by atoms with van der Waals surface area (Å²) >= 11 is 0. The minimum absolute atomic E-state index is 0.124. The topological polar surface area (TPSA) is 64.4 Å². The van der Waals surface area contributed by atoms with Crippen molar-refractivity contribution in [2.75, 3.05) is 11.9 Å². The van der Waals surface area contributed by atoms with Crippen LogP contribution in [0.5, 0.6) is 0 Å². The highest BCUT2D eigenvalue weighted by Crippen LogP contribution is 2.22. The van der Waals surface area contributed by atoms with E-state index in [0.717, 1.165) is 31.6 Å². The molecular formula is C13H18N2O3. The number of benzene rings is 1. The van der Waals surface area contributed by atoms with Crippen LogP contribution in [0.3, 0.4) is 0 Å². The Labute approximate surface area is 106 Å². The van der Waals surface area contributed by atoms with E-state index in [1.807, 2.05) is 0 Å². The van der Waals surface area contributed by atoms with E-state index < -0.39 is 0 Å². The Bertz CT molecular complexity index is 405. The van der Waals surface area contributed by atoms with Gasteiger partial charge >= 0.3 is 0 Å². The van der Waals surface area contributed by atoms with Crippen molar-refractivity contribution in [1.82, 2.24) is 0 Å². The van der Waals surface area contributed by atoms with Crippen molar-refractivity contribution in [3.05, 3.63) is 34.4 Å². The predicted octanol–water partition coefficient (Wildman–Crippen LogP) is 2.96. The minimum Gasteiger partial charge on any atom is -0.382 e. The number of anilines is 1. The van der Waals surface area contributed by atoms with Crippen LogP contribution in [-0.2, 0) is 4.74 Å². The molecule has 1 aliphatic heterocycles. The molecule has 0 aliphatic carbocycles. The molecule has 2 atom stereocenters. The number of hydrogen-bond donors (Lipinski definition) is 1. The van der Waals surface area contributed by atoms with E-state index >= 15 is 0 Å². The zero-order valence-corrected chi connectivity index (χ0v) is 10.5. The predicted molar refractivity (Wildman–Crippen MR) is 69.8 cm³/mol. The third-order valence-corrected chi connectivity index (χ3v) is 3.27. The maximum Gasteiger partial charge on any atom is 0.269 e. The molecule has 1 heterocycles. The van der Waals surface area contributed by atoms with Crippen molar-refractivity contribution in [1.29, 1.82) is 0 Å². The summed E-state index contributed by atoms with van der Waals surface area (Å²) in [6, 6.07) is 6.96. The highest BCUT2D eigenvalue weighted by atomic mass is 16.6. The van der Waals surface area contributed by atoms with Gasteiger partial charge in [-0.2, -0.15) is 0 Å². The molecule has 1 aliphatic rings. The molecule has 1 fully saturated rings. The Morgan fingerprint density at radius 3 is 2.78 bits per heavy atom. The molecule has 0 saturated carbocycles. The molecule has 1 N–H and O–H groups in total. The lowest BCUT2D eigenvalue weighted by molar-refractivity contribution is -0.384. The van der Waals surface area contributed by atoms with Crippen LogP contribution in [-0.4, -0.2) is 23.7 Å². The molecule has 1 aromatic carbocycles. The number of nitrogens with zero attached hydrogens (tertiary/aromatic N) is 1. The number of non-ortho nitro benzene ring substituents is 1. The van der Waals surface area contributed by atoms with Gasteiger partial charge in [0.15, 0.2) is 0 Å². The Morgan fingerprint density at radius 2 is 2.17 bits per heavy atom. The van der Waals surface area contributed by atoms with E-state index in [9.17, 15) is 10.1 Å². The smallest absolute Gasteiger partial charge is 0.269 e. The molecule has 1 saturated heterocycles. The van der Waals surface area contributed by atoms with Crippen LogP contribution in [0.25, 0.3) is 0 Å². The zero-order chi connectivity index (χ0) is 13.0. The van der Waals surface area contributed by atoms with Crippen molar-refractivity contribution in [3.8, 4) is 0 Å². The van der Waals surface area contributed by atoms with E-state index in [0.29, 0.717) is 12.1 Å². The Hall–Kier alpha value is -1.62. The first-order chi connectivity index (χ1) is 8.69. The molecule has 5 heteroatoms. The summed E-state index contributed by atoms with van der Waals surface area (Å²) in [5.74, 6) is 0.